The van der Waals surface area contributed by atoms with E-state index in [0.29, 0.717) is 0 Å². The maximum atomic E-state index is 13.0. The third-order valence-electron chi connectivity index (χ3n) is 6.01. The molecule has 0 aliphatic carbocycles. The molecule has 59 heavy (non-hydrogen) atoms. The molecule has 352 valence electrons. The summed E-state index contributed by atoms with van der Waals surface area (Å²) in [6.45, 7) is 0. The van der Waals surface area contributed by atoms with E-state index in [2.05, 4.69) is 0 Å². The van der Waals surface area contributed by atoms with Gasteiger partial charge in [0.15, 0.2) is 20.2 Å². The van der Waals surface area contributed by atoms with Crippen LogP contribution in [0.3, 0.4) is 0 Å². The molecule has 0 fully saturated rings. The first-order valence-electron chi connectivity index (χ1n) is 11.3. The molecule has 0 aliphatic heterocycles. The number of halogens is 34. The molecular weight excluding hydrogens is 1110 g/mol. The van der Waals surface area contributed by atoms with Gasteiger partial charge in [0.1, 0.15) is 0 Å². The van der Waals surface area contributed by atoms with Crippen LogP contribution in [-0.4, -0.2) is 120 Å². The summed E-state index contributed by atoms with van der Waals surface area (Å²) in [5.74, 6) is -104. The SMILES string of the molecule is O=S(=O)([O-])C(F)(F)C(F)(F)C(F)(F)C(F)(F)C(F)(F)C(F)(F)C(F)(F)C(F)(F)F.O=S(=O)([O-])C(F)(F)C(F)(F)C(F)(F)C(F)(F)C(F)(F)C(F)(F)C(F)(F)C(F)(F)F.[Cd+2]. The summed E-state index contributed by atoms with van der Waals surface area (Å²) in [4.78, 5) is 0. The second-order valence-electron chi connectivity index (χ2n) is 9.83. The average Bonchev–Trinajstić information content (AvgIpc) is 2.93. The van der Waals surface area contributed by atoms with Crippen LogP contribution in [-0.2, 0) is 47.5 Å². The van der Waals surface area contributed by atoms with Gasteiger partial charge in [-0.15, -0.1) is 0 Å². The van der Waals surface area contributed by atoms with E-state index in [9.17, 15) is 175 Å². The minimum absolute atomic E-state index is 0. The molecule has 0 unspecified atom stereocenters. The molecule has 6 nitrogen and oxygen atoms in total. The monoisotopic (exact) mass is 1110 g/mol. The largest absolute Gasteiger partial charge is 2.00 e. The van der Waals surface area contributed by atoms with Gasteiger partial charge >= 0.3 is 121 Å². The molecule has 0 aromatic carbocycles. The minimum atomic E-state index is -8.92. The van der Waals surface area contributed by atoms with E-state index in [4.69, 9.17) is 0 Å². The Morgan fingerprint density at radius 2 is 0.322 bits per heavy atom. The first kappa shape index (κ1) is 61.7. The van der Waals surface area contributed by atoms with Crippen molar-refractivity contribution in [3.05, 3.63) is 0 Å². The summed E-state index contributed by atoms with van der Waals surface area (Å²) in [5, 5.41) is -15.9. The van der Waals surface area contributed by atoms with Crippen LogP contribution < -0.4 is 0 Å². The Labute approximate surface area is 316 Å². The van der Waals surface area contributed by atoms with Gasteiger partial charge in [0.2, 0.25) is 0 Å². The van der Waals surface area contributed by atoms with Gasteiger partial charge in [0, 0.05) is 0 Å². The summed E-state index contributed by atoms with van der Waals surface area (Å²) in [6.07, 6.45) is -15.8. The number of alkyl halides is 34. The van der Waals surface area contributed by atoms with Crippen LogP contribution in [0.1, 0.15) is 0 Å². The number of rotatable bonds is 14. The summed E-state index contributed by atoms with van der Waals surface area (Å²) in [7, 11) is -16.3. The van der Waals surface area contributed by atoms with Crippen molar-refractivity contribution in [1.82, 2.24) is 0 Å². The van der Waals surface area contributed by atoms with Gasteiger partial charge in [0.25, 0.3) is 0 Å². The van der Waals surface area contributed by atoms with E-state index in [1.54, 1.807) is 0 Å². The molecule has 0 atom stereocenters. The predicted molar refractivity (Wildman–Crippen MR) is 101 cm³/mol. The van der Waals surface area contributed by atoms with Crippen LogP contribution in [0.4, 0.5) is 149 Å². The van der Waals surface area contributed by atoms with Crippen molar-refractivity contribution < 1.29 is 203 Å². The summed E-state index contributed by atoms with van der Waals surface area (Å²) in [5.41, 5.74) is 0. The molecule has 0 amide bonds. The average molecular weight is 1110 g/mol. The van der Waals surface area contributed by atoms with Crippen molar-refractivity contribution in [3.8, 4) is 0 Å². The van der Waals surface area contributed by atoms with Crippen molar-refractivity contribution in [2.45, 2.75) is 93.9 Å². The van der Waals surface area contributed by atoms with Gasteiger partial charge in [-0.05, 0) is 0 Å². The van der Waals surface area contributed by atoms with Crippen LogP contribution in [0.2, 0.25) is 0 Å². The van der Waals surface area contributed by atoms with Gasteiger partial charge in [-0.3, -0.25) is 0 Å². The fourth-order valence-electron chi connectivity index (χ4n) is 2.61. The maximum absolute atomic E-state index is 13.0. The Balaban J connectivity index is -0.00000105. The number of hydrogen-bond donors (Lipinski definition) is 0. The zero-order valence-corrected chi connectivity index (χ0v) is 30.5. The molecule has 0 bridgehead atoms. The standard InChI is InChI=1S/2C8HF17O3S.Cd/c2*9-1(10,3(13,14)5(17,18)7(21,22)23)2(11,12)4(15,16)6(19,20)8(24,25)29(26,27)28;/h2*(H,26,27,28);/q;;+2/p-2. The predicted octanol–water partition coefficient (Wildman–Crippen LogP) is 8.99. The Bertz CT molecular complexity index is 1600. The molecule has 0 saturated carbocycles. The van der Waals surface area contributed by atoms with E-state index in [-0.39, 0.29) is 27.3 Å². The smallest absolute Gasteiger partial charge is 0.743 e. The van der Waals surface area contributed by atoms with Crippen molar-refractivity contribution in [3.63, 3.8) is 0 Å². The fraction of sp³-hybridized carbons (Fsp3) is 1.00. The zero-order valence-electron chi connectivity index (χ0n) is 24.8. The molecule has 0 aliphatic rings. The van der Waals surface area contributed by atoms with Crippen molar-refractivity contribution in [2.24, 2.45) is 0 Å². The van der Waals surface area contributed by atoms with Crippen molar-refractivity contribution >= 4 is 20.2 Å². The van der Waals surface area contributed by atoms with Crippen LogP contribution in [0.15, 0.2) is 0 Å². The van der Waals surface area contributed by atoms with E-state index in [1.807, 2.05) is 0 Å². The third-order valence-corrected chi connectivity index (χ3v) is 7.78. The van der Waals surface area contributed by atoms with Crippen molar-refractivity contribution in [2.75, 3.05) is 0 Å². The topological polar surface area (TPSA) is 114 Å². The third kappa shape index (κ3) is 8.22. The van der Waals surface area contributed by atoms with Gasteiger partial charge in [-0.1, -0.05) is 0 Å². The molecule has 0 heterocycles. The molecule has 0 aromatic rings. The Kier molecular flexibility index (Phi) is 16.0. The summed E-state index contributed by atoms with van der Waals surface area (Å²) >= 11 is 0. The normalized spacial score (nSPS) is 16.6. The van der Waals surface area contributed by atoms with E-state index in [1.165, 1.54) is 0 Å². The Morgan fingerprint density at radius 3 is 0.424 bits per heavy atom. The first-order chi connectivity index (χ1) is 24.0. The van der Waals surface area contributed by atoms with Gasteiger partial charge in [0.05, 0.1) is 0 Å². The quantitative estimate of drug-likeness (QED) is 0.0976. The van der Waals surface area contributed by atoms with E-state index >= 15 is 0 Å². The van der Waals surface area contributed by atoms with Gasteiger partial charge in [-0.2, -0.15) is 149 Å². The Morgan fingerprint density at radius 1 is 0.220 bits per heavy atom. The van der Waals surface area contributed by atoms with Crippen LogP contribution in [0, 0.1) is 0 Å². The summed E-state index contributed by atoms with van der Waals surface area (Å²) in [6, 6.07) is 0. The van der Waals surface area contributed by atoms with E-state index in [0.717, 1.165) is 0 Å². The van der Waals surface area contributed by atoms with Crippen LogP contribution in [0.25, 0.3) is 0 Å². The molecule has 0 N–H and O–H groups in total. The molecule has 0 saturated heterocycles. The van der Waals surface area contributed by atoms with Gasteiger partial charge < -0.3 is 9.11 Å². The van der Waals surface area contributed by atoms with Crippen molar-refractivity contribution in [1.29, 1.82) is 0 Å². The molecule has 0 aromatic heterocycles. The van der Waals surface area contributed by atoms with E-state index < -0.39 is 114 Å². The Hall–Kier alpha value is -1.64. The molecule has 0 rings (SSSR count). The first-order valence-corrected chi connectivity index (χ1v) is 14.2. The molecule has 0 radical (unpaired) electrons. The minimum Gasteiger partial charge on any atom is -0.743 e. The second-order valence-corrected chi connectivity index (χ2v) is 12.7. The van der Waals surface area contributed by atoms with Gasteiger partial charge in [-0.25, -0.2) is 16.8 Å². The second kappa shape index (κ2) is 15.3. The number of hydrogen-bond acceptors (Lipinski definition) is 6. The molecular formula is C16CdF34O6S2. The van der Waals surface area contributed by atoms with Crippen LogP contribution in [0.5, 0.6) is 0 Å². The fourth-order valence-corrected chi connectivity index (χ4v) is 3.50. The molecule has 0 spiro atoms. The maximum Gasteiger partial charge on any atom is 2.00 e. The molecule has 43 heteroatoms. The van der Waals surface area contributed by atoms with Crippen LogP contribution >= 0.6 is 0 Å². The summed E-state index contributed by atoms with van der Waals surface area (Å²) < 4.78 is 488. The zero-order chi connectivity index (χ0) is 49.0.